The summed E-state index contributed by atoms with van der Waals surface area (Å²) < 4.78 is 5.29. The van der Waals surface area contributed by atoms with Gasteiger partial charge in [-0.05, 0) is 6.92 Å². The van der Waals surface area contributed by atoms with Crippen molar-refractivity contribution in [3.8, 4) is 0 Å². The van der Waals surface area contributed by atoms with E-state index in [-0.39, 0.29) is 12.0 Å². The molecule has 1 fully saturated rings. The zero-order valence-corrected chi connectivity index (χ0v) is 7.41. The Bertz CT molecular complexity index is 195. The quantitative estimate of drug-likeness (QED) is 0.594. The molecule has 70 valence electrons. The van der Waals surface area contributed by atoms with Crippen molar-refractivity contribution < 1.29 is 14.6 Å². The zero-order valence-electron chi connectivity index (χ0n) is 7.41. The lowest BCUT2D eigenvalue weighted by atomic mass is 9.80. The highest BCUT2D eigenvalue weighted by Gasteiger charge is 2.44. The summed E-state index contributed by atoms with van der Waals surface area (Å²) in [5.41, 5.74) is 4.66. The molecule has 3 unspecified atom stereocenters. The van der Waals surface area contributed by atoms with Crippen LogP contribution < -0.4 is 5.73 Å². The summed E-state index contributed by atoms with van der Waals surface area (Å²) in [4.78, 5) is 10.9. The van der Waals surface area contributed by atoms with Gasteiger partial charge in [0.25, 0.3) is 0 Å². The molecule has 0 saturated carbocycles. The Kier molecular flexibility index (Phi) is 2.39. The molecule has 0 aliphatic carbocycles. The third kappa shape index (κ3) is 1.44. The van der Waals surface area contributed by atoms with Crippen LogP contribution in [0, 0.1) is 5.92 Å². The van der Waals surface area contributed by atoms with Crippen LogP contribution in [0.15, 0.2) is 0 Å². The molecule has 1 saturated heterocycles. The third-order valence-corrected chi connectivity index (χ3v) is 2.53. The standard InChI is InChI=1S/C8H15NO3/c1-5-4-12-6(2)3-8(5,9)7(10)11/h5-6H,3-4,9H2,1-2H3,(H,10,11). The molecule has 1 aliphatic rings. The largest absolute Gasteiger partial charge is 0.480 e. The lowest BCUT2D eigenvalue weighted by Crippen LogP contribution is -2.59. The van der Waals surface area contributed by atoms with E-state index in [4.69, 9.17) is 15.6 Å². The Labute approximate surface area is 71.7 Å². The molecule has 0 aromatic rings. The van der Waals surface area contributed by atoms with Crippen molar-refractivity contribution in [1.29, 1.82) is 0 Å². The smallest absolute Gasteiger partial charge is 0.324 e. The number of aliphatic carboxylic acids is 1. The van der Waals surface area contributed by atoms with Crippen molar-refractivity contribution in [2.24, 2.45) is 11.7 Å². The molecule has 0 bridgehead atoms. The summed E-state index contributed by atoms with van der Waals surface area (Å²) >= 11 is 0. The molecule has 3 atom stereocenters. The maximum Gasteiger partial charge on any atom is 0.324 e. The van der Waals surface area contributed by atoms with Crippen LogP contribution in [-0.2, 0) is 9.53 Å². The van der Waals surface area contributed by atoms with Crippen LogP contribution in [0.2, 0.25) is 0 Å². The minimum atomic E-state index is -1.10. The van der Waals surface area contributed by atoms with Gasteiger partial charge in [-0.3, -0.25) is 4.79 Å². The van der Waals surface area contributed by atoms with Crippen molar-refractivity contribution in [1.82, 2.24) is 0 Å². The highest BCUT2D eigenvalue weighted by molar-refractivity contribution is 5.79. The fourth-order valence-electron chi connectivity index (χ4n) is 1.49. The van der Waals surface area contributed by atoms with Crippen LogP contribution in [0.1, 0.15) is 20.3 Å². The Balaban J connectivity index is 2.77. The SMILES string of the molecule is CC1CC(N)(C(=O)O)C(C)CO1. The van der Waals surface area contributed by atoms with E-state index in [9.17, 15) is 4.79 Å². The molecular formula is C8H15NO3. The Morgan fingerprint density at radius 2 is 2.25 bits per heavy atom. The summed E-state index contributed by atoms with van der Waals surface area (Å²) in [6.45, 7) is 4.08. The molecule has 3 N–H and O–H groups in total. The number of nitrogens with two attached hydrogens (primary N) is 1. The number of carboxylic acid groups (broad SMARTS) is 1. The van der Waals surface area contributed by atoms with Crippen LogP contribution in [0.25, 0.3) is 0 Å². The van der Waals surface area contributed by atoms with E-state index in [0.29, 0.717) is 13.0 Å². The second-order valence-electron chi connectivity index (χ2n) is 3.59. The average molecular weight is 173 g/mol. The third-order valence-electron chi connectivity index (χ3n) is 2.53. The molecule has 1 aliphatic heterocycles. The van der Waals surface area contributed by atoms with Gasteiger partial charge in [0.2, 0.25) is 0 Å². The van der Waals surface area contributed by atoms with Gasteiger partial charge >= 0.3 is 5.97 Å². The number of carbonyl (C=O) groups is 1. The van der Waals surface area contributed by atoms with Crippen LogP contribution >= 0.6 is 0 Å². The van der Waals surface area contributed by atoms with E-state index in [1.807, 2.05) is 6.92 Å². The summed E-state index contributed by atoms with van der Waals surface area (Å²) in [5.74, 6) is -1.05. The lowest BCUT2D eigenvalue weighted by molar-refractivity contribution is -0.153. The van der Waals surface area contributed by atoms with E-state index >= 15 is 0 Å². The van der Waals surface area contributed by atoms with Crippen LogP contribution in [0.5, 0.6) is 0 Å². The number of carboxylic acids is 1. The van der Waals surface area contributed by atoms with Crippen LogP contribution in [0.3, 0.4) is 0 Å². The summed E-state index contributed by atoms with van der Waals surface area (Å²) in [5, 5.41) is 8.91. The first-order valence-corrected chi connectivity index (χ1v) is 4.10. The molecule has 1 rings (SSSR count). The predicted octanol–water partition coefficient (Wildman–Crippen LogP) is 0.213. The fourth-order valence-corrected chi connectivity index (χ4v) is 1.49. The van der Waals surface area contributed by atoms with E-state index < -0.39 is 11.5 Å². The molecule has 1 heterocycles. The molecule has 4 heteroatoms. The molecule has 0 spiro atoms. The van der Waals surface area contributed by atoms with Crippen molar-refractivity contribution in [2.45, 2.75) is 31.9 Å². The number of hydrogen-bond donors (Lipinski definition) is 2. The van der Waals surface area contributed by atoms with Gasteiger partial charge in [0, 0.05) is 12.3 Å². The average Bonchev–Trinajstić information content (AvgIpc) is 1.97. The lowest BCUT2D eigenvalue weighted by Gasteiger charge is -2.38. The Morgan fingerprint density at radius 1 is 1.67 bits per heavy atom. The first kappa shape index (κ1) is 9.48. The second-order valence-corrected chi connectivity index (χ2v) is 3.59. The first-order chi connectivity index (χ1) is 5.47. The van der Waals surface area contributed by atoms with E-state index in [1.54, 1.807) is 6.92 Å². The number of rotatable bonds is 1. The fraction of sp³-hybridized carbons (Fsp3) is 0.875. The maximum atomic E-state index is 10.9. The molecule has 0 amide bonds. The van der Waals surface area contributed by atoms with Gasteiger partial charge in [-0.25, -0.2) is 0 Å². The first-order valence-electron chi connectivity index (χ1n) is 4.10. The minimum absolute atomic E-state index is 0.0534. The van der Waals surface area contributed by atoms with Gasteiger partial charge in [0.1, 0.15) is 5.54 Å². The van der Waals surface area contributed by atoms with Crippen molar-refractivity contribution >= 4 is 5.97 Å². The second kappa shape index (κ2) is 3.03. The predicted molar refractivity (Wildman–Crippen MR) is 43.7 cm³/mol. The molecule has 0 aromatic carbocycles. The summed E-state index contributed by atoms with van der Waals surface area (Å²) in [6.07, 6.45) is 0.339. The van der Waals surface area contributed by atoms with E-state index in [0.717, 1.165) is 0 Å². The summed E-state index contributed by atoms with van der Waals surface area (Å²) in [7, 11) is 0. The monoisotopic (exact) mass is 173 g/mol. The zero-order chi connectivity index (χ0) is 9.35. The Morgan fingerprint density at radius 3 is 2.67 bits per heavy atom. The van der Waals surface area contributed by atoms with Gasteiger partial charge in [-0.15, -0.1) is 0 Å². The van der Waals surface area contributed by atoms with E-state index in [2.05, 4.69) is 0 Å². The van der Waals surface area contributed by atoms with Gasteiger partial charge in [-0.2, -0.15) is 0 Å². The number of hydrogen-bond acceptors (Lipinski definition) is 3. The highest BCUT2D eigenvalue weighted by atomic mass is 16.5. The van der Waals surface area contributed by atoms with Gasteiger partial charge in [0.05, 0.1) is 12.7 Å². The van der Waals surface area contributed by atoms with Crippen LogP contribution in [-0.4, -0.2) is 29.3 Å². The number of ether oxygens (including phenoxy) is 1. The van der Waals surface area contributed by atoms with Crippen molar-refractivity contribution in [3.05, 3.63) is 0 Å². The molecule has 12 heavy (non-hydrogen) atoms. The molecule has 4 nitrogen and oxygen atoms in total. The molecule has 0 aromatic heterocycles. The van der Waals surface area contributed by atoms with Crippen molar-refractivity contribution in [3.63, 3.8) is 0 Å². The van der Waals surface area contributed by atoms with Crippen molar-refractivity contribution in [2.75, 3.05) is 6.61 Å². The minimum Gasteiger partial charge on any atom is -0.480 e. The van der Waals surface area contributed by atoms with Gasteiger partial charge in [-0.1, -0.05) is 6.92 Å². The molecular weight excluding hydrogens is 158 g/mol. The van der Waals surface area contributed by atoms with Gasteiger partial charge < -0.3 is 15.6 Å². The topological polar surface area (TPSA) is 72.6 Å². The Hall–Kier alpha value is -0.610. The van der Waals surface area contributed by atoms with Crippen LogP contribution in [0.4, 0.5) is 0 Å². The summed E-state index contributed by atoms with van der Waals surface area (Å²) in [6, 6.07) is 0. The van der Waals surface area contributed by atoms with Gasteiger partial charge in [0.15, 0.2) is 0 Å². The van der Waals surface area contributed by atoms with E-state index in [1.165, 1.54) is 0 Å². The highest BCUT2D eigenvalue weighted by Crippen LogP contribution is 2.27. The molecule has 0 radical (unpaired) electrons. The normalized spacial score (nSPS) is 42.6. The maximum absolute atomic E-state index is 10.9.